The molecule has 5 heteroatoms. The molecule has 0 amide bonds. The van der Waals surface area contributed by atoms with Gasteiger partial charge in [0.05, 0.1) is 11.1 Å². The third-order valence-electron chi connectivity index (χ3n) is 11.1. The van der Waals surface area contributed by atoms with Gasteiger partial charge in [0.1, 0.15) is 11.2 Å². The zero-order valence-corrected chi connectivity index (χ0v) is 32.5. The molecule has 0 radical (unpaired) electrons. The predicted molar refractivity (Wildman–Crippen MR) is 246 cm³/mol. The lowest BCUT2D eigenvalue weighted by molar-refractivity contribution is 0.669. The van der Waals surface area contributed by atoms with E-state index in [0.717, 1.165) is 88.7 Å². The fourth-order valence-corrected chi connectivity index (χ4v) is 8.11. The van der Waals surface area contributed by atoms with E-state index in [2.05, 4.69) is 150 Å². The molecule has 0 fully saturated rings. The Morgan fingerprint density at radius 1 is 0.317 bits per heavy atom. The average Bonchev–Trinajstić information content (AvgIpc) is 3.69. The van der Waals surface area contributed by atoms with Gasteiger partial charge in [0.15, 0.2) is 17.5 Å². The zero-order chi connectivity index (χ0) is 39.8. The Morgan fingerprint density at radius 2 is 0.717 bits per heavy atom. The van der Waals surface area contributed by atoms with Gasteiger partial charge in [-0.05, 0) is 81.6 Å². The van der Waals surface area contributed by atoms with Gasteiger partial charge in [0.2, 0.25) is 0 Å². The molecular weight excluding hydrogens is 733 g/mol. The number of hydrogen-bond donors (Lipinski definition) is 0. The molecule has 11 aromatic rings. The molecule has 0 bridgehead atoms. The van der Waals surface area contributed by atoms with Crippen LogP contribution in [0.2, 0.25) is 0 Å². The van der Waals surface area contributed by atoms with Crippen LogP contribution in [-0.2, 0) is 0 Å². The third-order valence-corrected chi connectivity index (χ3v) is 11.1. The first-order valence-corrected chi connectivity index (χ1v) is 20.1. The van der Waals surface area contributed by atoms with Crippen LogP contribution in [0.3, 0.4) is 0 Å². The normalized spacial score (nSPS) is 11.3. The van der Waals surface area contributed by atoms with Crippen molar-refractivity contribution in [1.82, 2.24) is 15.0 Å². The van der Waals surface area contributed by atoms with Gasteiger partial charge in [-0.3, -0.25) is 0 Å². The Morgan fingerprint density at radius 3 is 1.20 bits per heavy atom. The van der Waals surface area contributed by atoms with E-state index in [1.807, 2.05) is 72.8 Å². The summed E-state index contributed by atoms with van der Waals surface area (Å²) in [6.07, 6.45) is 0. The van der Waals surface area contributed by atoms with Crippen molar-refractivity contribution in [2.24, 2.45) is 0 Å². The third kappa shape index (κ3) is 6.54. The van der Waals surface area contributed by atoms with Crippen molar-refractivity contribution in [3.8, 4) is 56.4 Å². The van der Waals surface area contributed by atoms with Gasteiger partial charge < -0.3 is 9.32 Å². The summed E-state index contributed by atoms with van der Waals surface area (Å²) in [5, 5.41) is 4.29. The molecule has 0 spiro atoms. The van der Waals surface area contributed by atoms with Crippen molar-refractivity contribution in [2.45, 2.75) is 0 Å². The summed E-state index contributed by atoms with van der Waals surface area (Å²) in [7, 11) is 0. The van der Waals surface area contributed by atoms with Crippen molar-refractivity contribution in [1.29, 1.82) is 0 Å². The topological polar surface area (TPSA) is 55.1 Å². The van der Waals surface area contributed by atoms with Gasteiger partial charge in [-0.2, -0.15) is 0 Å². The van der Waals surface area contributed by atoms with Crippen LogP contribution in [0.1, 0.15) is 0 Å². The fraction of sp³-hybridized carbons (Fsp3) is 0. The van der Waals surface area contributed by atoms with Crippen LogP contribution in [0.5, 0.6) is 0 Å². The van der Waals surface area contributed by atoms with Crippen molar-refractivity contribution in [3.05, 3.63) is 218 Å². The first-order valence-electron chi connectivity index (χ1n) is 20.1. The number of aromatic nitrogens is 3. The van der Waals surface area contributed by atoms with Gasteiger partial charge in [-0.1, -0.05) is 170 Å². The summed E-state index contributed by atoms with van der Waals surface area (Å²) in [5.74, 6) is 1.75. The summed E-state index contributed by atoms with van der Waals surface area (Å²) < 4.78 is 6.87. The zero-order valence-electron chi connectivity index (χ0n) is 32.5. The second-order valence-electron chi connectivity index (χ2n) is 14.9. The molecule has 0 saturated carbocycles. The SMILES string of the molecule is c1ccc(-c2ccc(N(c3ccc(-c4ccccc4)cc3)c3cc(-c4nc(-c5ccccc5)nc(-c5ccccc5)n4)cc4oc5cc6ccccc6cc5c34)cc2)cc1. The molecule has 60 heavy (non-hydrogen) atoms. The Hall–Kier alpha value is -8.15. The number of furan rings is 1. The molecule has 0 aliphatic heterocycles. The van der Waals surface area contributed by atoms with Crippen LogP contribution >= 0.6 is 0 Å². The molecule has 0 N–H and O–H groups in total. The molecule has 0 aliphatic rings. The Labute approximate surface area is 347 Å². The van der Waals surface area contributed by atoms with Gasteiger partial charge in [0.25, 0.3) is 0 Å². The number of fused-ring (bicyclic) bond motifs is 4. The fourth-order valence-electron chi connectivity index (χ4n) is 8.11. The van der Waals surface area contributed by atoms with E-state index in [1.54, 1.807) is 0 Å². The Bertz CT molecular complexity index is 3140. The Kier molecular flexibility index (Phi) is 8.75. The quantitative estimate of drug-likeness (QED) is 0.154. The van der Waals surface area contributed by atoms with E-state index in [4.69, 9.17) is 19.4 Å². The lowest BCUT2D eigenvalue weighted by Crippen LogP contribution is -2.11. The van der Waals surface area contributed by atoms with E-state index < -0.39 is 0 Å². The van der Waals surface area contributed by atoms with E-state index in [9.17, 15) is 0 Å². The summed E-state index contributed by atoms with van der Waals surface area (Å²) in [6, 6.07) is 75.9. The average molecular weight is 769 g/mol. The van der Waals surface area contributed by atoms with Gasteiger partial charge in [-0.15, -0.1) is 0 Å². The highest BCUT2D eigenvalue weighted by Gasteiger charge is 2.23. The second kappa shape index (κ2) is 15.0. The molecule has 5 nitrogen and oxygen atoms in total. The maximum absolute atomic E-state index is 6.87. The largest absolute Gasteiger partial charge is 0.456 e. The minimum absolute atomic E-state index is 0.551. The number of rotatable bonds is 8. The molecule has 2 heterocycles. The lowest BCUT2D eigenvalue weighted by Gasteiger charge is -2.27. The molecule has 0 atom stereocenters. The van der Waals surface area contributed by atoms with E-state index >= 15 is 0 Å². The van der Waals surface area contributed by atoms with Crippen molar-refractivity contribution in [2.75, 3.05) is 4.90 Å². The highest BCUT2D eigenvalue weighted by atomic mass is 16.3. The smallest absolute Gasteiger partial charge is 0.164 e. The van der Waals surface area contributed by atoms with E-state index in [-0.39, 0.29) is 0 Å². The second-order valence-corrected chi connectivity index (χ2v) is 14.9. The van der Waals surface area contributed by atoms with Crippen molar-refractivity contribution in [3.63, 3.8) is 0 Å². The molecular formula is C55H36N4O. The highest BCUT2D eigenvalue weighted by molar-refractivity contribution is 6.17. The molecule has 282 valence electrons. The summed E-state index contributed by atoms with van der Waals surface area (Å²) >= 11 is 0. The maximum Gasteiger partial charge on any atom is 0.164 e. The number of hydrogen-bond acceptors (Lipinski definition) is 5. The number of nitrogens with zero attached hydrogens (tertiary/aromatic N) is 4. The Balaban J connectivity index is 1.18. The van der Waals surface area contributed by atoms with Gasteiger partial charge in [-0.25, -0.2) is 15.0 Å². The first kappa shape index (κ1) is 35.0. The minimum atomic E-state index is 0.551. The molecule has 11 rings (SSSR count). The molecule has 0 unspecified atom stereocenters. The monoisotopic (exact) mass is 768 g/mol. The van der Waals surface area contributed by atoms with Crippen LogP contribution in [0, 0.1) is 0 Å². The van der Waals surface area contributed by atoms with Crippen LogP contribution in [0.4, 0.5) is 17.1 Å². The van der Waals surface area contributed by atoms with Gasteiger partial charge >= 0.3 is 0 Å². The van der Waals surface area contributed by atoms with Crippen molar-refractivity contribution >= 4 is 49.8 Å². The maximum atomic E-state index is 6.87. The van der Waals surface area contributed by atoms with E-state index in [1.165, 1.54) is 0 Å². The van der Waals surface area contributed by atoms with E-state index in [0.29, 0.717) is 17.5 Å². The summed E-state index contributed by atoms with van der Waals surface area (Å²) in [6.45, 7) is 0. The molecule has 2 aromatic heterocycles. The minimum Gasteiger partial charge on any atom is -0.456 e. The molecule has 0 saturated heterocycles. The highest BCUT2D eigenvalue weighted by Crippen LogP contribution is 2.46. The van der Waals surface area contributed by atoms with Gasteiger partial charge in [0, 0.05) is 33.5 Å². The molecule has 0 aliphatic carbocycles. The standard InChI is InChI=1S/C55H36N4O/c1-5-15-37(16-6-1)39-25-29-46(30-26-39)59(47-31-27-40(28-32-47)38-17-7-2-8-18-38)49-34-45(36-51-52(49)48-33-43-23-13-14-24-44(43)35-50(48)60-51)55-57-53(41-19-9-3-10-20-41)56-54(58-55)42-21-11-4-12-22-42/h1-36H. The van der Waals surface area contributed by atoms with Crippen LogP contribution < -0.4 is 4.90 Å². The molecule has 9 aromatic carbocycles. The van der Waals surface area contributed by atoms with Crippen molar-refractivity contribution < 1.29 is 4.42 Å². The van der Waals surface area contributed by atoms with Crippen LogP contribution in [0.25, 0.3) is 89.1 Å². The van der Waals surface area contributed by atoms with Crippen LogP contribution in [-0.4, -0.2) is 15.0 Å². The first-order chi connectivity index (χ1) is 29.7. The number of anilines is 3. The lowest BCUT2D eigenvalue weighted by atomic mass is 10.0. The summed E-state index contributed by atoms with van der Waals surface area (Å²) in [5.41, 5.74) is 11.7. The van der Waals surface area contributed by atoms with Crippen LogP contribution in [0.15, 0.2) is 223 Å². The number of benzene rings is 9. The predicted octanol–water partition coefficient (Wildman–Crippen LogP) is 14.7. The summed E-state index contributed by atoms with van der Waals surface area (Å²) in [4.78, 5) is 17.6.